The summed E-state index contributed by atoms with van der Waals surface area (Å²) in [6.07, 6.45) is 6.08. The van der Waals surface area contributed by atoms with Crippen LogP contribution in [0.3, 0.4) is 0 Å². The molecule has 0 N–H and O–H groups in total. The Balaban J connectivity index is 1.28. The number of aryl methyl sites for hydroxylation is 1. The van der Waals surface area contributed by atoms with Crippen molar-refractivity contribution in [2.45, 2.75) is 30.6 Å². The zero-order valence-electron chi connectivity index (χ0n) is 19.1. The van der Waals surface area contributed by atoms with Gasteiger partial charge in [0.2, 0.25) is 10.0 Å². The molecule has 0 bridgehead atoms. The number of aromatic nitrogens is 1. The second-order valence-corrected chi connectivity index (χ2v) is 10.8. The Hall–Kier alpha value is -2.16. The molecule has 0 aliphatic carbocycles. The summed E-state index contributed by atoms with van der Waals surface area (Å²) in [4.78, 5) is 9.22. The van der Waals surface area contributed by atoms with Crippen LogP contribution in [0.2, 0.25) is 0 Å². The fourth-order valence-electron chi connectivity index (χ4n) is 4.50. The van der Waals surface area contributed by atoms with Gasteiger partial charge in [0.1, 0.15) is 16.5 Å². The standard InChI is InChI=1S/C24H34N4O3S/c1-26-15-17-28(18-16-26)32(29,30)23-9-10-24(25-19-23)27-13-11-21(12-14-27)4-3-20-5-7-22(31-2)8-6-20/h5-10,19,21H,3-4,11-18H2,1-2H3. The third kappa shape index (κ3) is 5.42. The molecule has 1 aromatic heterocycles. The number of pyridine rings is 1. The summed E-state index contributed by atoms with van der Waals surface area (Å²) in [7, 11) is 0.246. The molecule has 0 atom stereocenters. The van der Waals surface area contributed by atoms with Gasteiger partial charge in [-0.2, -0.15) is 4.31 Å². The lowest BCUT2D eigenvalue weighted by molar-refractivity contribution is 0.222. The van der Waals surface area contributed by atoms with E-state index in [1.807, 2.05) is 25.2 Å². The van der Waals surface area contributed by atoms with Crippen LogP contribution in [0.4, 0.5) is 5.82 Å². The minimum atomic E-state index is -3.46. The van der Waals surface area contributed by atoms with Crippen molar-refractivity contribution in [3.63, 3.8) is 0 Å². The van der Waals surface area contributed by atoms with Crippen LogP contribution in [0, 0.1) is 5.92 Å². The van der Waals surface area contributed by atoms with Crippen LogP contribution < -0.4 is 9.64 Å². The van der Waals surface area contributed by atoms with Crippen molar-refractivity contribution in [1.82, 2.24) is 14.2 Å². The molecule has 3 heterocycles. The number of likely N-dealkylation sites (N-methyl/N-ethyl adjacent to an activating group) is 1. The molecule has 174 valence electrons. The summed E-state index contributed by atoms with van der Waals surface area (Å²) >= 11 is 0. The number of piperidine rings is 1. The van der Waals surface area contributed by atoms with E-state index in [1.165, 1.54) is 18.2 Å². The van der Waals surface area contributed by atoms with E-state index in [0.29, 0.717) is 23.9 Å². The van der Waals surface area contributed by atoms with Gasteiger partial charge in [0.25, 0.3) is 0 Å². The maximum absolute atomic E-state index is 12.9. The van der Waals surface area contributed by atoms with Gasteiger partial charge in [-0.1, -0.05) is 12.1 Å². The summed E-state index contributed by atoms with van der Waals surface area (Å²) in [5.41, 5.74) is 1.35. The monoisotopic (exact) mass is 458 g/mol. The highest BCUT2D eigenvalue weighted by molar-refractivity contribution is 7.89. The highest BCUT2D eigenvalue weighted by Crippen LogP contribution is 2.27. The normalized spacial score (nSPS) is 19.2. The zero-order valence-corrected chi connectivity index (χ0v) is 19.9. The number of sulfonamides is 1. The minimum absolute atomic E-state index is 0.292. The smallest absolute Gasteiger partial charge is 0.244 e. The first kappa shape index (κ1) is 23.0. The number of benzene rings is 1. The molecule has 8 heteroatoms. The van der Waals surface area contributed by atoms with E-state index >= 15 is 0 Å². The molecular weight excluding hydrogens is 424 g/mol. The van der Waals surface area contributed by atoms with Crippen LogP contribution in [0.5, 0.6) is 5.75 Å². The molecule has 1 aromatic carbocycles. The molecule has 2 saturated heterocycles. The lowest BCUT2D eigenvalue weighted by atomic mass is 9.90. The number of nitrogens with zero attached hydrogens (tertiary/aromatic N) is 4. The Bertz CT molecular complexity index is 963. The number of ether oxygens (including phenoxy) is 1. The van der Waals surface area contributed by atoms with E-state index in [-0.39, 0.29) is 0 Å². The van der Waals surface area contributed by atoms with Crippen molar-refractivity contribution in [3.05, 3.63) is 48.2 Å². The number of piperazine rings is 1. The van der Waals surface area contributed by atoms with Crippen molar-refractivity contribution < 1.29 is 13.2 Å². The fourth-order valence-corrected chi connectivity index (χ4v) is 5.87. The quantitative estimate of drug-likeness (QED) is 0.636. The van der Waals surface area contributed by atoms with Crippen molar-refractivity contribution in [1.29, 1.82) is 0 Å². The van der Waals surface area contributed by atoms with Gasteiger partial charge >= 0.3 is 0 Å². The SMILES string of the molecule is COc1ccc(CCC2CCN(c3ccc(S(=O)(=O)N4CCN(C)CC4)cn3)CC2)cc1. The van der Waals surface area contributed by atoms with E-state index in [4.69, 9.17) is 4.74 Å². The third-order valence-electron chi connectivity index (χ3n) is 6.76. The van der Waals surface area contributed by atoms with Gasteiger partial charge in [-0.15, -0.1) is 0 Å². The van der Waals surface area contributed by atoms with Gasteiger partial charge in [0.15, 0.2) is 0 Å². The lowest BCUT2D eigenvalue weighted by Crippen LogP contribution is -2.47. The topological polar surface area (TPSA) is 66.0 Å². The molecule has 0 unspecified atom stereocenters. The molecule has 0 radical (unpaired) electrons. The Morgan fingerprint density at radius 2 is 1.66 bits per heavy atom. The first-order valence-electron chi connectivity index (χ1n) is 11.5. The third-order valence-corrected chi connectivity index (χ3v) is 8.64. The molecule has 0 spiro atoms. The molecule has 2 aliphatic rings. The van der Waals surface area contributed by atoms with Crippen LogP contribution in [-0.4, -0.2) is 76.0 Å². The Labute approximate surface area is 192 Å². The summed E-state index contributed by atoms with van der Waals surface area (Å²) in [6.45, 7) is 4.52. The maximum atomic E-state index is 12.9. The van der Waals surface area contributed by atoms with Crippen LogP contribution >= 0.6 is 0 Å². The Morgan fingerprint density at radius 1 is 0.969 bits per heavy atom. The van der Waals surface area contributed by atoms with Crippen molar-refractivity contribution >= 4 is 15.8 Å². The zero-order chi connectivity index (χ0) is 22.6. The van der Waals surface area contributed by atoms with Crippen LogP contribution in [0.1, 0.15) is 24.8 Å². The van der Waals surface area contributed by atoms with Gasteiger partial charge in [-0.3, -0.25) is 0 Å². The lowest BCUT2D eigenvalue weighted by Gasteiger charge is -2.33. The maximum Gasteiger partial charge on any atom is 0.244 e. The van der Waals surface area contributed by atoms with Crippen LogP contribution in [0.15, 0.2) is 47.5 Å². The Morgan fingerprint density at radius 3 is 2.25 bits per heavy atom. The van der Waals surface area contributed by atoms with Gasteiger partial charge < -0.3 is 14.5 Å². The molecule has 0 amide bonds. The second kappa shape index (κ2) is 10.2. The highest BCUT2D eigenvalue weighted by Gasteiger charge is 2.28. The first-order valence-corrected chi connectivity index (χ1v) is 12.9. The molecule has 2 fully saturated rings. The van der Waals surface area contributed by atoms with Crippen LogP contribution in [-0.2, 0) is 16.4 Å². The average Bonchev–Trinajstić information content (AvgIpc) is 2.84. The first-order chi connectivity index (χ1) is 15.5. The van der Waals surface area contributed by atoms with Gasteiger partial charge in [-0.25, -0.2) is 13.4 Å². The number of hydrogen-bond donors (Lipinski definition) is 0. The molecule has 7 nitrogen and oxygen atoms in total. The van der Waals surface area contributed by atoms with Crippen molar-refractivity contribution in [2.24, 2.45) is 5.92 Å². The van der Waals surface area contributed by atoms with E-state index in [1.54, 1.807) is 17.5 Å². The molecule has 32 heavy (non-hydrogen) atoms. The van der Waals surface area contributed by atoms with Gasteiger partial charge in [-0.05, 0) is 68.5 Å². The van der Waals surface area contributed by atoms with Crippen molar-refractivity contribution in [2.75, 3.05) is 58.3 Å². The molecule has 2 aromatic rings. The molecular formula is C24H34N4O3S. The van der Waals surface area contributed by atoms with Crippen LogP contribution in [0.25, 0.3) is 0 Å². The number of methoxy groups -OCH3 is 1. The summed E-state index contributed by atoms with van der Waals surface area (Å²) in [5.74, 6) is 2.48. The summed E-state index contributed by atoms with van der Waals surface area (Å²) in [6, 6.07) is 11.9. The second-order valence-electron chi connectivity index (χ2n) is 8.88. The molecule has 2 aliphatic heterocycles. The fraction of sp³-hybridized carbons (Fsp3) is 0.542. The Kier molecular flexibility index (Phi) is 7.33. The molecule has 4 rings (SSSR count). The average molecular weight is 459 g/mol. The van der Waals surface area contributed by atoms with Crippen molar-refractivity contribution in [3.8, 4) is 5.75 Å². The van der Waals surface area contributed by atoms with E-state index in [2.05, 4.69) is 26.9 Å². The number of hydrogen-bond acceptors (Lipinski definition) is 6. The van der Waals surface area contributed by atoms with E-state index in [0.717, 1.165) is 57.0 Å². The summed E-state index contributed by atoms with van der Waals surface area (Å²) < 4.78 is 32.6. The molecule has 0 saturated carbocycles. The van der Waals surface area contributed by atoms with E-state index < -0.39 is 10.0 Å². The minimum Gasteiger partial charge on any atom is -0.497 e. The number of anilines is 1. The van der Waals surface area contributed by atoms with Gasteiger partial charge in [0, 0.05) is 45.5 Å². The largest absolute Gasteiger partial charge is 0.497 e. The predicted molar refractivity (Wildman–Crippen MR) is 127 cm³/mol. The van der Waals surface area contributed by atoms with E-state index in [9.17, 15) is 8.42 Å². The number of rotatable bonds is 7. The predicted octanol–water partition coefficient (Wildman–Crippen LogP) is 2.88. The van der Waals surface area contributed by atoms with Gasteiger partial charge in [0.05, 0.1) is 7.11 Å². The summed E-state index contributed by atoms with van der Waals surface area (Å²) in [5, 5.41) is 0. The highest BCUT2D eigenvalue weighted by atomic mass is 32.2.